The van der Waals surface area contributed by atoms with Crippen molar-refractivity contribution in [2.75, 3.05) is 19.6 Å². The molecule has 1 aliphatic heterocycles. The predicted octanol–water partition coefficient (Wildman–Crippen LogP) is 1.11. The largest absolute Gasteiger partial charge is 0.361 e. The fourth-order valence-electron chi connectivity index (χ4n) is 2.84. The summed E-state index contributed by atoms with van der Waals surface area (Å²) in [4.78, 5) is 32.1. The summed E-state index contributed by atoms with van der Waals surface area (Å²) < 4.78 is 10.2. The van der Waals surface area contributed by atoms with Crippen molar-refractivity contribution in [2.24, 2.45) is 0 Å². The van der Waals surface area contributed by atoms with Crippen LogP contribution in [0.1, 0.15) is 47.4 Å². The Morgan fingerprint density at radius 2 is 1.96 bits per heavy atom. The average molecular weight is 333 g/mol. The summed E-state index contributed by atoms with van der Waals surface area (Å²) in [5.41, 5.74) is 0.272. The normalized spacial score (nSPS) is 18.5. The second-order valence-corrected chi connectivity index (χ2v) is 5.81. The fraction of sp³-hybridized carbons (Fsp3) is 0.533. The zero-order chi connectivity index (χ0) is 17.3. The molecule has 0 spiro atoms. The lowest BCUT2D eigenvalue weighted by Gasteiger charge is -2.25. The van der Waals surface area contributed by atoms with E-state index >= 15 is 0 Å². The van der Waals surface area contributed by atoms with Gasteiger partial charge in [0.1, 0.15) is 11.8 Å². The van der Waals surface area contributed by atoms with Crippen molar-refractivity contribution in [3.8, 4) is 0 Å². The molecule has 1 unspecified atom stereocenters. The van der Waals surface area contributed by atoms with Gasteiger partial charge in [-0.2, -0.15) is 4.98 Å². The monoisotopic (exact) mass is 333 g/mol. The van der Waals surface area contributed by atoms with Crippen molar-refractivity contribution in [1.82, 2.24) is 25.1 Å². The van der Waals surface area contributed by atoms with Crippen molar-refractivity contribution >= 4 is 11.8 Å². The molecule has 0 N–H and O–H groups in total. The molecule has 3 rings (SSSR count). The number of carbonyl (C=O) groups excluding carboxylic acids is 2. The highest BCUT2D eigenvalue weighted by atomic mass is 16.5. The molecular formula is C15H19N5O4. The van der Waals surface area contributed by atoms with Crippen molar-refractivity contribution < 1.29 is 18.6 Å². The number of aromatic nitrogens is 3. The standard InChI is InChI=1S/C15H19N5O4/c1-9-8-12(18-23-9)15(22)19-5-4-13(14-16-10(2)17-24-14)20(7-6-19)11(3)21/h8,13H,4-7H2,1-3H3. The van der Waals surface area contributed by atoms with E-state index in [4.69, 9.17) is 9.05 Å². The second-order valence-electron chi connectivity index (χ2n) is 5.81. The van der Waals surface area contributed by atoms with Crippen LogP contribution in [0.15, 0.2) is 15.1 Å². The second kappa shape index (κ2) is 6.42. The third-order valence-corrected chi connectivity index (χ3v) is 4.03. The molecule has 0 radical (unpaired) electrons. The van der Waals surface area contributed by atoms with Crippen molar-refractivity contribution in [2.45, 2.75) is 33.2 Å². The molecule has 9 nitrogen and oxygen atoms in total. The molecule has 0 aliphatic carbocycles. The van der Waals surface area contributed by atoms with Gasteiger partial charge in [0.15, 0.2) is 11.5 Å². The molecule has 1 aliphatic rings. The molecular weight excluding hydrogens is 314 g/mol. The molecule has 1 saturated heterocycles. The number of aryl methyl sites for hydroxylation is 2. The number of hydrogen-bond acceptors (Lipinski definition) is 7. The third kappa shape index (κ3) is 3.15. The Hall–Kier alpha value is -2.71. The number of nitrogens with zero attached hydrogens (tertiary/aromatic N) is 5. The van der Waals surface area contributed by atoms with Gasteiger partial charge in [-0.05, 0) is 20.3 Å². The van der Waals surface area contributed by atoms with Crippen LogP contribution < -0.4 is 0 Å². The Kier molecular flexibility index (Phi) is 4.32. The van der Waals surface area contributed by atoms with Gasteiger partial charge < -0.3 is 18.8 Å². The SMILES string of the molecule is CC(=O)N1CCN(C(=O)c2cc(C)on2)CCC1c1nc(C)no1. The molecule has 24 heavy (non-hydrogen) atoms. The minimum atomic E-state index is -0.333. The van der Waals surface area contributed by atoms with Gasteiger partial charge in [0, 0.05) is 32.6 Å². The molecule has 1 atom stereocenters. The minimum Gasteiger partial charge on any atom is -0.361 e. The third-order valence-electron chi connectivity index (χ3n) is 4.03. The van der Waals surface area contributed by atoms with Gasteiger partial charge in [-0.15, -0.1) is 0 Å². The Bertz CT molecular complexity index is 753. The van der Waals surface area contributed by atoms with Crippen molar-refractivity contribution in [1.29, 1.82) is 0 Å². The Balaban J connectivity index is 1.80. The first-order valence-corrected chi connectivity index (χ1v) is 7.75. The van der Waals surface area contributed by atoms with Gasteiger partial charge >= 0.3 is 0 Å². The lowest BCUT2D eigenvalue weighted by atomic mass is 10.1. The summed E-state index contributed by atoms with van der Waals surface area (Å²) in [5, 5.41) is 7.56. The summed E-state index contributed by atoms with van der Waals surface area (Å²) >= 11 is 0. The molecule has 0 bridgehead atoms. The van der Waals surface area contributed by atoms with Gasteiger partial charge in [-0.3, -0.25) is 9.59 Å². The highest BCUT2D eigenvalue weighted by Gasteiger charge is 2.33. The van der Waals surface area contributed by atoms with E-state index in [1.165, 1.54) is 6.92 Å². The highest BCUT2D eigenvalue weighted by Crippen LogP contribution is 2.26. The van der Waals surface area contributed by atoms with Crippen LogP contribution in [0.5, 0.6) is 0 Å². The fourth-order valence-corrected chi connectivity index (χ4v) is 2.84. The molecule has 2 aromatic heterocycles. The van der Waals surface area contributed by atoms with Crippen LogP contribution in [0.4, 0.5) is 0 Å². The van der Waals surface area contributed by atoms with Gasteiger partial charge in [-0.1, -0.05) is 10.3 Å². The molecule has 0 saturated carbocycles. The smallest absolute Gasteiger partial charge is 0.276 e. The van der Waals surface area contributed by atoms with Crippen LogP contribution in [0.3, 0.4) is 0 Å². The van der Waals surface area contributed by atoms with Gasteiger partial charge in [-0.25, -0.2) is 0 Å². The first-order chi connectivity index (χ1) is 11.5. The number of carbonyl (C=O) groups is 2. The predicted molar refractivity (Wildman–Crippen MR) is 80.9 cm³/mol. The van der Waals surface area contributed by atoms with Gasteiger partial charge in [0.25, 0.3) is 5.91 Å². The molecule has 0 aromatic carbocycles. The molecule has 1 fully saturated rings. The lowest BCUT2D eigenvalue weighted by molar-refractivity contribution is -0.131. The Morgan fingerprint density at radius 3 is 2.54 bits per heavy atom. The summed E-state index contributed by atoms with van der Waals surface area (Å²) in [6, 6.07) is 1.27. The van der Waals surface area contributed by atoms with E-state index in [-0.39, 0.29) is 23.6 Å². The maximum Gasteiger partial charge on any atom is 0.276 e. The summed E-state index contributed by atoms with van der Waals surface area (Å²) in [5.74, 6) is 1.19. The number of rotatable bonds is 2. The van der Waals surface area contributed by atoms with E-state index in [0.29, 0.717) is 43.5 Å². The van der Waals surface area contributed by atoms with Crippen LogP contribution >= 0.6 is 0 Å². The van der Waals surface area contributed by atoms with E-state index in [0.717, 1.165) is 0 Å². The van der Waals surface area contributed by atoms with Crippen molar-refractivity contribution in [3.05, 3.63) is 29.2 Å². The highest BCUT2D eigenvalue weighted by molar-refractivity contribution is 5.92. The van der Waals surface area contributed by atoms with E-state index in [2.05, 4.69) is 15.3 Å². The van der Waals surface area contributed by atoms with Crippen molar-refractivity contribution in [3.63, 3.8) is 0 Å². The van der Waals surface area contributed by atoms with Crippen LogP contribution in [0.25, 0.3) is 0 Å². The first-order valence-electron chi connectivity index (χ1n) is 7.75. The number of hydrogen-bond donors (Lipinski definition) is 0. The van der Waals surface area contributed by atoms with Gasteiger partial charge in [0.2, 0.25) is 11.8 Å². The number of amides is 2. The topological polar surface area (TPSA) is 106 Å². The van der Waals surface area contributed by atoms with Crippen LogP contribution in [0.2, 0.25) is 0 Å². The maximum atomic E-state index is 12.5. The zero-order valence-electron chi connectivity index (χ0n) is 13.9. The summed E-state index contributed by atoms with van der Waals surface area (Å²) in [6.07, 6.45) is 0.518. The maximum absolute atomic E-state index is 12.5. The zero-order valence-corrected chi connectivity index (χ0v) is 13.9. The summed E-state index contributed by atoms with van der Waals surface area (Å²) in [6.45, 7) is 6.22. The van der Waals surface area contributed by atoms with E-state index in [9.17, 15) is 9.59 Å². The molecule has 9 heteroatoms. The Morgan fingerprint density at radius 1 is 1.17 bits per heavy atom. The Labute approximate surface area is 138 Å². The first kappa shape index (κ1) is 16.2. The van der Waals surface area contributed by atoms with E-state index in [1.807, 2.05) is 0 Å². The molecule has 128 valence electrons. The minimum absolute atomic E-state index is 0.0950. The summed E-state index contributed by atoms with van der Waals surface area (Å²) in [7, 11) is 0. The van der Waals surface area contributed by atoms with E-state index in [1.54, 1.807) is 29.7 Å². The molecule has 3 heterocycles. The average Bonchev–Trinajstić information content (AvgIpc) is 3.08. The lowest BCUT2D eigenvalue weighted by Crippen LogP contribution is -2.37. The quantitative estimate of drug-likeness (QED) is 0.810. The van der Waals surface area contributed by atoms with Crippen LogP contribution in [0, 0.1) is 13.8 Å². The molecule has 2 amide bonds. The molecule has 2 aromatic rings. The van der Waals surface area contributed by atoms with E-state index < -0.39 is 0 Å². The van der Waals surface area contributed by atoms with Crippen LogP contribution in [-0.2, 0) is 4.79 Å². The van der Waals surface area contributed by atoms with Crippen LogP contribution in [-0.4, -0.2) is 56.5 Å². The van der Waals surface area contributed by atoms with Gasteiger partial charge in [0.05, 0.1) is 0 Å².